The van der Waals surface area contributed by atoms with Crippen molar-refractivity contribution < 1.29 is 13.2 Å². The maximum atomic E-state index is 12.6. The van der Waals surface area contributed by atoms with Gasteiger partial charge in [-0.1, -0.05) is 60.1 Å². The lowest BCUT2D eigenvalue weighted by Gasteiger charge is -2.25. The monoisotopic (exact) mass is 377 g/mol. The van der Waals surface area contributed by atoms with Gasteiger partial charge in [0.1, 0.15) is 5.75 Å². The molecule has 2 N–H and O–H groups in total. The summed E-state index contributed by atoms with van der Waals surface area (Å²) < 4.78 is 25.3. The summed E-state index contributed by atoms with van der Waals surface area (Å²) in [5.41, 5.74) is 6.91. The number of carbonyl (C=O) groups is 1. The Balaban J connectivity index is 2.44. The molecule has 2 unspecified atom stereocenters. The van der Waals surface area contributed by atoms with Gasteiger partial charge >= 0.3 is 0 Å². The van der Waals surface area contributed by atoms with E-state index in [0.29, 0.717) is 11.4 Å². The van der Waals surface area contributed by atoms with E-state index in [-0.39, 0.29) is 5.92 Å². The van der Waals surface area contributed by atoms with Crippen LogP contribution in [0, 0.1) is 0 Å². The third-order valence-corrected chi connectivity index (χ3v) is 6.27. The number of hydrogen-bond acceptors (Lipinski definition) is 3. The highest BCUT2D eigenvalue weighted by atomic mass is 35.5. The minimum absolute atomic E-state index is 0.385. The molecule has 0 saturated carbocycles. The van der Waals surface area contributed by atoms with Crippen molar-refractivity contribution in [2.24, 2.45) is 5.73 Å². The molecule has 0 aliphatic heterocycles. The fourth-order valence-electron chi connectivity index (χ4n) is 2.85. The van der Waals surface area contributed by atoms with E-state index in [1.54, 1.807) is 12.1 Å². The molecule has 1 amide bonds. The number of benzene rings is 2. The Kier molecular flexibility index (Phi) is 6.39. The second-order valence-corrected chi connectivity index (χ2v) is 8.42. The van der Waals surface area contributed by atoms with E-state index in [4.69, 9.17) is 17.3 Å². The van der Waals surface area contributed by atoms with Gasteiger partial charge in [0.25, 0.3) is 0 Å². The molecule has 0 aromatic heterocycles. The standard InChI is InChI=1S/C19H20ClNO3S/c1-2-18(25(23,24)13-19(21)22)17(15-6-4-3-5-7-15)12-14-8-10-16(20)11-9-14/h2-11,17-18H,1,12-13H2,(H2,21,22). The third-order valence-electron chi connectivity index (χ3n) is 3.98. The second-order valence-electron chi connectivity index (χ2n) is 5.82. The fourth-order valence-corrected chi connectivity index (χ4v) is 4.62. The van der Waals surface area contributed by atoms with Gasteiger partial charge in [0.05, 0.1) is 5.25 Å². The highest BCUT2D eigenvalue weighted by molar-refractivity contribution is 7.92. The lowest BCUT2D eigenvalue weighted by molar-refractivity contribution is -0.115. The molecular formula is C19H20ClNO3S. The van der Waals surface area contributed by atoms with Gasteiger partial charge in [-0.05, 0) is 29.7 Å². The fraction of sp³-hybridized carbons (Fsp3) is 0.211. The maximum Gasteiger partial charge on any atom is 0.232 e. The van der Waals surface area contributed by atoms with Crippen LogP contribution in [0.15, 0.2) is 67.3 Å². The summed E-state index contributed by atoms with van der Waals surface area (Å²) in [6.07, 6.45) is 1.85. The molecular weight excluding hydrogens is 358 g/mol. The smallest absolute Gasteiger partial charge is 0.232 e. The third kappa shape index (κ3) is 5.18. The summed E-state index contributed by atoms with van der Waals surface area (Å²) in [6.45, 7) is 3.68. The van der Waals surface area contributed by atoms with Crippen molar-refractivity contribution in [3.8, 4) is 0 Å². The number of amides is 1. The summed E-state index contributed by atoms with van der Waals surface area (Å²) in [7, 11) is -3.77. The van der Waals surface area contributed by atoms with Crippen LogP contribution < -0.4 is 5.73 Å². The number of nitrogens with two attached hydrogens (primary N) is 1. The molecule has 0 radical (unpaired) electrons. The van der Waals surface area contributed by atoms with Crippen LogP contribution in [-0.2, 0) is 21.1 Å². The second kappa shape index (κ2) is 8.32. The first-order valence-electron chi connectivity index (χ1n) is 7.75. The Morgan fingerprint density at radius 2 is 1.72 bits per heavy atom. The van der Waals surface area contributed by atoms with Crippen LogP contribution in [0.5, 0.6) is 0 Å². The van der Waals surface area contributed by atoms with Crippen LogP contribution in [0.2, 0.25) is 5.02 Å². The Morgan fingerprint density at radius 3 is 2.24 bits per heavy atom. The molecule has 0 aliphatic rings. The Hall–Kier alpha value is -2.11. The Labute approximate surface area is 153 Å². The highest BCUT2D eigenvalue weighted by Gasteiger charge is 2.33. The van der Waals surface area contributed by atoms with Crippen LogP contribution in [0.25, 0.3) is 0 Å². The minimum atomic E-state index is -3.77. The normalized spacial score (nSPS) is 13.8. The summed E-state index contributed by atoms with van der Waals surface area (Å²) >= 11 is 5.92. The molecule has 2 atom stereocenters. The number of primary amides is 1. The van der Waals surface area contributed by atoms with Crippen molar-refractivity contribution in [3.05, 3.63) is 83.4 Å². The van der Waals surface area contributed by atoms with Gasteiger partial charge in [0.2, 0.25) is 5.91 Å². The first-order valence-corrected chi connectivity index (χ1v) is 9.84. The van der Waals surface area contributed by atoms with Crippen LogP contribution in [-0.4, -0.2) is 25.3 Å². The van der Waals surface area contributed by atoms with Crippen LogP contribution in [0.4, 0.5) is 0 Å². The molecule has 0 aliphatic carbocycles. The molecule has 2 rings (SSSR count). The molecule has 2 aromatic carbocycles. The zero-order valence-corrected chi connectivity index (χ0v) is 15.2. The van der Waals surface area contributed by atoms with Gasteiger partial charge in [-0.15, -0.1) is 6.58 Å². The van der Waals surface area contributed by atoms with Gasteiger partial charge in [-0.3, -0.25) is 4.79 Å². The first kappa shape index (κ1) is 19.2. The average molecular weight is 378 g/mol. The molecule has 0 fully saturated rings. The van der Waals surface area contributed by atoms with Crippen molar-refractivity contribution >= 4 is 27.3 Å². The molecule has 132 valence electrons. The van der Waals surface area contributed by atoms with E-state index in [2.05, 4.69) is 6.58 Å². The van der Waals surface area contributed by atoms with E-state index in [9.17, 15) is 13.2 Å². The highest BCUT2D eigenvalue weighted by Crippen LogP contribution is 2.30. The number of rotatable bonds is 8. The van der Waals surface area contributed by atoms with E-state index < -0.39 is 26.7 Å². The number of hydrogen-bond donors (Lipinski definition) is 1. The Morgan fingerprint density at radius 1 is 1.12 bits per heavy atom. The van der Waals surface area contributed by atoms with Crippen molar-refractivity contribution in [1.29, 1.82) is 0 Å². The molecule has 0 saturated heterocycles. The van der Waals surface area contributed by atoms with Gasteiger partial charge in [0, 0.05) is 10.9 Å². The summed E-state index contributed by atoms with van der Waals surface area (Å²) in [5.74, 6) is -1.96. The zero-order chi connectivity index (χ0) is 18.4. The topological polar surface area (TPSA) is 77.2 Å². The molecule has 6 heteroatoms. The molecule has 25 heavy (non-hydrogen) atoms. The van der Waals surface area contributed by atoms with E-state index in [1.807, 2.05) is 42.5 Å². The first-order chi connectivity index (χ1) is 11.8. The number of halogens is 1. The predicted octanol–water partition coefficient (Wildman–Crippen LogP) is 3.12. The predicted molar refractivity (Wildman–Crippen MR) is 101 cm³/mol. The van der Waals surface area contributed by atoms with Crippen molar-refractivity contribution in [2.45, 2.75) is 17.6 Å². The molecule has 0 spiro atoms. The van der Waals surface area contributed by atoms with Gasteiger partial charge in [-0.25, -0.2) is 8.42 Å². The molecule has 0 bridgehead atoms. The van der Waals surface area contributed by atoms with E-state index in [1.165, 1.54) is 6.08 Å². The largest absolute Gasteiger partial charge is 0.369 e. The summed E-state index contributed by atoms with van der Waals surface area (Å²) in [4.78, 5) is 11.2. The SMILES string of the molecule is C=CC(C(Cc1ccc(Cl)cc1)c1ccccc1)S(=O)(=O)CC(N)=O. The lowest BCUT2D eigenvalue weighted by atomic mass is 9.89. The number of sulfone groups is 1. The van der Waals surface area contributed by atoms with Gasteiger partial charge in [-0.2, -0.15) is 0 Å². The van der Waals surface area contributed by atoms with E-state index >= 15 is 0 Å². The quantitative estimate of drug-likeness (QED) is 0.718. The number of carbonyl (C=O) groups excluding carboxylic acids is 1. The average Bonchev–Trinajstić information content (AvgIpc) is 2.56. The molecule has 4 nitrogen and oxygen atoms in total. The van der Waals surface area contributed by atoms with Crippen LogP contribution in [0.3, 0.4) is 0 Å². The zero-order valence-electron chi connectivity index (χ0n) is 13.6. The van der Waals surface area contributed by atoms with Crippen molar-refractivity contribution in [1.82, 2.24) is 0 Å². The summed E-state index contributed by atoms with van der Waals surface area (Å²) in [5, 5.41) is -0.306. The summed E-state index contributed by atoms with van der Waals surface area (Å²) in [6, 6.07) is 16.6. The molecule has 2 aromatic rings. The van der Waals surface area contributed by atoms with Crippen LogP contribution in [0.1, 0.15) is 17.0 Å². The van der Waals surface area contributed by atoms with Gasteiger partial charge < -0.3 is 5.73 Å². The van der Waals surface area contributed by atoms with Crippen LogP contribution >= 0.6 is 11.6 Å². The van der Waals surface area contributed by atoms with E-state index in [0.717, 1.165) is 11.1 Å². The van der Waals surface area contributed by atoms with Crippen molar-refractivity contribution in [2.75, 3.05) is 5.75 Å². The minimum Gasteiger partial charge on any atom is -0.369 e. The molecule has 0 heterocycles. The Bertz CT molecular complexity index is 833. The lowest BCUT2D eigenvalue weighted by Crippen LogP contribution is -2.34. The van der Waals surface area contributed by atoms with Gasteiger partial charge in [0.15, 0.2) is 9.84 Å². The maximum absolute atomic E-state index is 12.6. The van der Waals surface area contributed by atoms with Crippen molar-refractivity contribution in [3.63, 3.8) is 0 Å².